The summed E-state index contributed by atoms with van der Waals surface area (Å²) in [6.45, 7) is 4.64. The minimum atomic E-state index is -3.94. The molecular formula is C25H33Cl2N3O6S. The van der Waals surface area contributed by atoms with Gasteiger partial charge >= 0.3 is 0 Å². The molecule has 2 aromatic carbocycles. The number of methoxy groups -OCH3 is 2. The van der Waals surface area contributed by atoms with Crippen LogP contribution in [0.2, 0.25) is 10.0 Å². The molecule has 0 aliphatic rings. The van der Waals surface area contributed by atoms with Crippen molar-refractivity contribution in [1.82, 2.24) is 10.2 Å². The van der Waals surface area contributed by atoms with Crippen LogP contribution in [0.3, 0.4) is 0 Å². The molecule has 37 heavy (non-hydrogen) atoms. The molecule has 2 rings (SSSR count). The summed E-state index contributed by atoms with van der Waals surface area (Å²) < 4.78 is 37.1. The zero-order valence-electron chi connectivity index (χ0n) is 21.7. The van der Waals surface area contributed by atoms with Crippen LogP contribution in [0.1, 0.15) is 32.8 Å². The number of rotatable bonds is 12. The standard InChI is InChI=1S/C25H33Cl2N3O6S/c1-7-16(2)28-25(32)17(3)29(14-19-20(26)9-8-10-21(19)27)24(31)15-30(37(6,33)34)22-12-11-18(35-4)13-23(22)36-5/h8-13,16-17H,7,14-15H2,1-6H3,(H,28,32). The maximum absolute atomic E-state index is 13.7. The Labute approximate surface area is 228 Å². The third-order valence-corrected chi connectivity index (χ3v) is 7.73. The minimum Gasteiger partial charge on any atom is -0.497 e. The van der Waals surface area contributed by atoms with Crippen LogP contribution in [0.15, 0.2) is 36.4 Å². The SMILES string of the molecule is CCC(C)NC(=O)C(C)N(Cc1c(Cl)cccc1Cl)C(=O)CN(c1ccc(OC)cc1OC)S(C)(=O)=O. The fourth-order valence-electron chi connectivity index (χ4n) is 3.49. The normalized spacial score (nSPS) is 12.9. The number of ether oxygens (including phenoxy) is 2. The highest BCUT2D eigenvalue weighted by atomic mass is 35.5. The number of anilines is 1. The van der Waals surface area contributed by atoms with Crippen molar-refractivity contribution in [2.75, 3.05) is 31.3 Å². The van der Waals surface area contributed by atoms with Crippen LogP contribution in [0.5, 0.6) is 11.5 Å². The van der Waals surface area contributed by atoms with E-state index in [9.17, 15) is 18.0 Å². The van der Waals surface area contributed by atoms with Gasteiger partial charge in [0.25, 0.3) is 0 Å². The van der Waals surface area contributed by atoms with Gasteiger partial charge < -0.3 is 19.7 Å². The highest BCUT2D eigenvalue weighted by Gasteiger charge is 2.32. The van der Waals surface area contributed by atoms with Crippen LogP contribution >= 0.6 is 23.2 Å². The summed E-state index contributed by atoms with van der Waals surface area (Å²) in [6, 6.07) is 8.41. The van der Waals surface area contributed by atoms with E-state index >= 15 is 0 Å². The summed E-state index contributed by atoms with van der Waals surface area (Å²) in [6.07, 6.45) is 1.68. The zero-order chi connectivity index (χ0) is 27.9. The van der Waals surface area contributed by atoms with E-state index in [-0.39, 0.29) is 29.9 Å². The second-order valence-electron chi connectivity index (χ2n) is 8.52. The molecule has 0 saturated heterocycles. The second kappa shape index (κ2) is 13.2. The van der Waals surface area contributed by atoms with Crippen molar-refractivity contribution in [2.24, 2.45) is 0 Å². The molecule has 2 atom stereocenters. The van der Waals surface area contributed by atoms with Crippen LogP contribution in [0.25, 0.3) is 0 Å². The van der Waals surface area contributed by atoms with Crippen molar-refractivity contribution in [3.8, 4) is 11.5 Å². The van der Waals surface area contributed by atoms with Gasteiger partial charge in [0.2, 0.25) is 21.8 Å². The fourth-order valence-corrected chi connectivity index (χ4v) is 4.86. The van der Waals surface area contributed by atoms with Crippen molar-refractivity contribution in [3.63, 3.8) is 0 Å². The maximum atomic E-state index is 13.7. The number of nitrogens with one attached hydrogen (secondary N) is 1. The fraction of sp³-hybridized carbons (Fsp3) is 0.440. The van der Waals surface area contributed by atoms with Gasteiger partial charge in [-0.1, -0.05) is 36.2 Å². The lowest BCUT2D eigenvalue weighted by atomic mass is 10.1. The number of halogens is 2. The first-order chi connectivity index (χ1) is 17.3. The van der Waals surface area contributed by atoms with E-state index in [1.165, 1.54) is 31.3 Å². The molecule has 0 aliphatic heterocycles. The molecule has 2 amide bonds. The molecule has 0 spiro atoms. The molecule has 0 heterocycles. The summed E-state index contributed by atoms with van der Waals surface area (Å²) in [7, 11) is -1.09. The molecule has 0 saturated carbocycles. The Bertz CT molecular complexity index is 1200. The summed E-state index contributed by atoms with van der Waals surface area (Å²) in [4.78, 5) is 28.0. The van der Waals surface area contributed by atoms with Crippen LogP contribution < -0.4 is 19.1 Å². The van der Waals surface area contributed by atoms with Crippen LogP contribution in [0, 0.1) is 0 Å². The minimum absolute atomic E-state index is 0.107. The average molecular weight is 575 g/mol. The van der Waals surface area contributed by atoms with Crippen LogP contribution in [0.4, 0.5) is 5.69 Å². The first-order valence-corrected chi connectivity index (χ1v) is 14.2. The molecule has 0 aliphatic carbocycles. The van der Waals surface area contributed by atoms with Gasteiger partial charge in [-0.05, 0) is 44.5 Å². The molecule has 204 valence electrons. The van der Waals surface area contributed by atoms with Crippen LogP contribution in [-0.2, 0) is 26.2 Å². The van der Waals surface area contributed by atoms with Gasteiger partial charge in [0.1, 0.15) is 24.1 Å². The number of hydrogen-bond donors (Lipinski definition) is 1. The summed E-state index contributed by atoms with van der Waals surface area (Å²) in [5, 5.41) is 3.49. The number of nitrogens with zero attached hydrogens (tertiary/aromatic N) is 2. The predicted molar refractivity (Wildman–Crippen MR) is 146 cm³/mol. The Balaban J connectivity index is 2.52. The van der Waals surface area contributed by atoms with E-state index in [1.54, 1.807) is 31.2 Å². The number of amides is 2. The second-order valence-corrected chi connectivity index (χ2v) is 11.2. The Kier molecular flexibility index (Phi) is 10.9. The highest BCUT2D eigenvalue weighted by Crippen LogP contribution is 2.34. The maximum Gasteiger partial charge on any atom is 0.244 e. The topological polar surface area (TPSA) is 105 Å². The van der Waals surface area contributed by atoms with E-state index in [1.807, 2.05) is 13.8 Å². The van der Waals surface area contributed by atoms with Gasteiger partial charge in [-0.3, -0.25) is 13.9 Å². The van der Waals surface area contributed by atoms with Gasteiger partial charge in [0.05, 0.1) is 26.2 Å². The first-order valence-electron chi connectivity index (χ1n) is 11.6. The molecule has 1 N–H and O–H groups in total. The van der Waals surface area contributed by atoms with Crippen molar-refractivity contribution in [3.05, 3.63) is 52.0 Å². The van der Waals surface area contributed by atoms with E-state index in [4.69, 9.17) is 32.7 Å². The smallest absolute Gasteiger partial charge is 0.244 e. The monoisotopic (exact) mass is 573 g/mol. The van der Waals surface area contributed by atoms with Gasteiger partial charge in [-0.25, -0.2) is 8.42 Å². The lowest BCUT2D eigenvalue weighted by Gasteiger charge is -2.32. The zero-order valence-corrected chi connectivity index (χ0v) is 24.1. The summed E-state index contributed by atoms with van der Waals surface area (Å²) in [5.74, 6) is -0.378. The van der Waals surface area contributed by atoms with E-state index < -0.39 is 28.5 Å². The molecule has 0 fully saturated rings. The van der Waals surface area contributed by atoms with Crippen molar-refractivity contribution in [2.45, 2.75) is 45.8 Å². The average Bonchev–Trinajstić information content (AvgIpc) is 2.85. The molecule has 2 aromatic rings. The van der Waals surface area contributed by atoms with Crippen molar-refractivity contribution in [1.29, 1.82) is 0 Å². The van der Waals surface area contributed by atoms with E-state index in [2.05, 4.69) is 5.32 Å². The Morgan fingerprint density at radius 3 is 2.19 bits per heavy atom. The number of carbonyl (C=O) groups is 2. The van der Waals surface area contributed by atoms with Gasteiger partial charge in [0, 0.05) is 34.3 Å². The van der Waals surface area contributed by atoms with E-state index in [0.717, 1.165) is 10.6 Å². The summed E-state index contributed by atoms with van der Waals surface area (Å²) >= 11 is 12.7. The molecule has 2 unspecified atom stereocenters. The summed E-state index contributed by atoms with van der Waals surface area (Å²) in [5.41, 5.74) is 0.585. The number of benzene rings is 2. The number of hydrogen-bond acceptors (Lipinski definition) is 6. The number of carbonyl (C=O) groups excluding carboxylic acids is 2. The number of sulfonamides is 1. The molecule has 0 bridgehead atoms. The molecule has 0 aromatic heterocycles. The van der Waals surface area contributed by atoms with Crippen molar-refractivity contribution >= 4 is 50.7 Å². The van der Waals surface area contributed by atoms with Gasteiger partial charge in [-0.15, -0.1) is 0 Å². The first kappa shape index (κ1) is 30.5. The largest absolute Gasteiger partial charge is 0.497 e. The molecule has 9 nitrogen and oxygen atoms in total. The van der Waals surface area contributed by atoms with Gasteiger partial charge in [0.15, 0.2) is 0 Å². The Hall–Kier alpha value is -2.69. The van der Waals surface area contributed by atoms with Crippen molar-refractivity contribution < 1.29 is 27.5 Å². The van der Waals surface area contributed by atoms with E-state index in [0.29, 0.717) is 27.8 Å². The molecular weight excluding hydrogens is 541 g/mol. The lowest BCUT2D eigenvalue weighted by molar-refractivity contribution is -0.139. The Morgan fingerprint density at radius 1 is 1.05 bits per heavy atom. The highest BCUT2D eigenvalue weighted by molar-refractivity contribution is 7.92. The predicted octanol–water partition coefficient (Wildman–Crippen LogP) is 4.11. The van der Waals surface area contributed by atoms with Gasteiger partial charge in [-0.2, -0.15) is 0 Å². The van der Waals surface area contributed by atoms with Crippen LogP contribution in [-0.4, -0.2) is 64.2 Å². The Morgan fingerprint density at radius 2 is 1.68 bits per heavy atom. The third-order valence-electron chi connectivity index (χ3n) is 5.89. The lowest BCUT2D eigenvalue weighted by Crippen LogP contribution is -2.52. The molecule has 12 heteroatoms. The molecule has 0 radical (unpaired) electrons. The third kappa shape index (κ3) is 7.90. The quantitative estimate of drug-likeness (QED) is 0.409.